The molecule has 126 valence electrons. The number of hydrogen-bond donors (Lipinski definition) is 1. The highest BCUT2D eigenvalue weighted by molar-refractivity contribution is 8.13. The third-order valence-electron chi connectivity index (χ3n) is 3.80. The number of rotatable bonds is 5. The van der Waals surface area contributed by atoms with Gasteiger partial charge in [-0.2, -0.15) is 0 Å². The first-order chi connectivity index (χ1) is 11.5. The lowest BCUT2D eigenvalue weighted by atomic mass is 10.1. The Balaban J connectivity index is 1.80. The van der Waals surface area contributed by atoms with Crippen LogP contribution in [0.1, 0.15) is 17.4 Å². The van der Waals surface area contributed by atoms with E-state index in [1.54, 1.807) is 23.2 Å². The summed E-state index contributed by atoms with van der Waals surface area (Å²) in [6.45, 7) is 0.658. The van der Waals surface area contributed by atoms with E-state index in [1.807, 2.05) is 29.9 Å². The highest BCUT2D eigenvalue weighted by Gasteiger charge is 2.26. The minimum atomic E-state index is -0.403. The van der Waals surface area contributed by atoms with Crippen molar-refractivity contribution in [3.05, 3.63) is 53.1 Å². The minimum Gasteiger partial charge on any atom is -0.341 e. The summed E-state index contributed by atoms with van der Waals surface area (Å²) in [5, 5.41) is 3.55. The molecule has 1 fully saturated rings. The number of carbonyl (C=O) groups is 2. The Morgan fingerprint density at radius 2 is 2.17 bits per heavy atom. The molecular weight excluding hydrogens is 348 g/mol. The molecule has 1 aromatic carbocycles. The molecule has 6 nitrogen and oxygen atoms in total. The zero-order valence-electron chi connectivity index (χ0n) is 13.1. The van der Waals surface area contributed by atoms with Gasteiger partial charge in [-0.3, -0.25) is 9.59 Å². The van der Waals surface area contributed by atoms with Crippen molar-refractivity contribution >= 4 is 34.5 Å². The fourth-order valence-electron chi connectivity index (χ4n) is 2.56. The molecule has 24 heavy (non-hydrogen) atoms. The number of thioether (sulfide) groups is 1. The van der Waals surface area contributed by atoms with Crippen LogP contribution in [0.4, 0.5) is 4.79 Å². The zero-order chi connectivity index (χ0) is 17.1. The van der Waals surface area contributed by atoms with E-state index in [1.165, 1.54) is 11.8 Å². The van der Waals surface area contributed by atoms with Crippen LogP contribution in [0.5, 0.6) is 0 Å². The van der Waals surface area contributed by atoms with Crippen molar-refractivity contribution in [3.8, 4) is 0 Å². The molecule has 0 radical (unpaired) electrons. The van der Waals surface area contributed by atoms with Gasteiger partial charge in [0.15, 0.2) is 0 Å². The van der Waals surface area contributed by atoms with Gasteiger partial charge in [0.25, 0.3) is 5.24 Å². The number of nitrogens with one attached hydrogen (secondary N) is 1. The number of benzene rings is 1. The van der Waals surface area contributed by atoms with Gasteiger partial charge in [-0.25, -0.2) is 4.98 Å². The lowest BCUT2D eigenvalue weighted by Gasteiger charge is -2.21. The van der Waals surface area contributed by atoms with Gasteiger partial charge < -0.3 is 14.8 Å². The molecule has 2 aromatic rings. The Morgan fingerprint density at radius 3 is 2.75 bits per heavy atom. The second kappa shape index (κ2) is 7.27. The van der Waals surface area contributed by atoms with Crippen molar-refractivity contribution in [2.45, 2.75) is 6.04 Å². The number of aromatic nitrogens is 2. The van der Waals surface area contributed by atoms with Crippen LogP contribution in [0.15, 0.2) is 36.7 Å². The summed E-state index contributed by atoms with van der Waals surface area (Å²) >= 11 is 7.19. The van der Waals surface area contributed by atoms with E-state index in [9.17, 15) is 9.59 Å². The summed E-state index contributed by atoms with van der Waals surface area (Å²) < 4.78 is 1.86. The molecule has 2 heterocycles. The number of imidazole rings is 1. The van der Waals surface area contributed by atoms with Gasteiger partial charge in [-0.05, 0) is 17.7 Å². The molecule has 0 bridgehead atoms. The average molecular weight is 365 g/mol. The van der Waals surface area contributed by atoms with E-state index in [2.05, 4.69) is 10.3 Å². The van der Waals surface area contributed by atoms with Crippen LogP contribution in [0.25, 0.3) is 0 Å². The van der Waals surface area contributed by atoms with Crippen molar-refractivity contribution < 1.29 is 9.59 Å². The molecule has 1 saturated heterocycles. The number of halogens is 1. The first-order valence-corrected chi connectivity index (χ1v) is 8.84. The van der Waals surface area contributed by atoms with Crippen molar-refractivity contribution in [3.63, 3.8) is 0 Å². The van der Waals surface area contributed by atoms with E-state index < -0.39 is 6.04 Å². The second-order valence-electron chi connectivity index (χ2n) is 5.48. The van der Waals surface area contributed by atoms with Crippen LogP contribution < -0.4 is 5.32 Å². The number of amides is 2. The van der Waals surface area contributed by atoms with Gasteiger partial charge in [0, 0.05) is 36.8 Å². The van der Waals surface area contributed by atoms with Gasteiger partial charge in [0.05, 0.1) is 0 Å². The Labute approximate surface area is 149 Å². The summed E-state index contributed by atoms with van der Waals surface area (Å²) in [4.78, 5) is 30.0. The molecule has 0 saturated carbocycles. The van der Waals surface area contributed by atoms with Crippen LogP contribution >= 0.6 is 23.4 Å². The third-order valence-corrected chi connectivity index (χ3v) is 4.95. The van der Waals surface area contributed by atoms with Gasteiger partial charge in [-0.1, -0.05) is 35.5 Å². The van der Waals surface area contributed by atoms with Crippen molar-refractivity contribution in [2.24, 2.45) is 7.05 Å². The summed E-state index contributed by atoms with van der Waals surface area (Å²) in [6, 6.07) is 6.87. The van der Waals surface area contributed by atoms with E-state index in [-0.39, 0.29) is 17.7 Å². The molecule has 1 aliphatic heterocycles. The highest BCUT2D eigenvalue weighted by Crippen LogP contribution is 2.23. The van der Waals surface area contributed by atoms with Crippen molar-refractivity contribution in [1.82, 2.24) is 19.8 Å². The fraction of sp³-hybridized carbons (Fsp3) is 0.312. The Hall–Kier alpha value is -1.99. The minimum absolute atomic E-state index is 0.0508. The van der Waals surface area contributed by atoms with Crippen LogP contribution in [-0.4, -0.2) is 44.4 Å². The average Bonchev–Trinajstić information content (AvgIpc) is 3.15. The van der Waals surface area contributed by atoms with E-state index in [4.69, 9.17) is 11.6 Å². The largest absolute Gasteiger partial charge is 0.341 e. The number of aryl methyl sites for hydroxylation is 1. The molecular formula is C16H17ClN4O2S. The highest BCUT2D eigenvalue weighted by atomic mass is 35.5. The summed E-state index contributed by atoms with van der Waals surface area (Å²) in [6.07, 6.45) is 3.51. The molecule has 1 aromatic heterocycles. The maximum absolute atomic E-state index is 12.4. The molecule has 1 unspecified atom stereocenters. The zero-order valence-corrected chi connectivity index (χ0v) is 14.7. The SMILES string of the molecule is Cn1ccnc1C(NC(=O)CN1CCSC1=O)c1ccc(Cl)cc1. The quantitative estimate of drug-likeness (QED) is 0.884. The van der Waals surface area contributed by atoms with Gasteiger partial charge in [0.1, 0.15) is 18.4 Å². The molecule has 2 amide bonds. The Bertz CT molecular complexity index is 747. The monoisotopic (exact) mass is 364 g/mol. The fourth-order valence-corrected chi connectivity index (χ4v) is 3.51. The summed E-state index contributed by atoms with van der Waals surface area (Å²) in [7, 11) is 1.87. The molecule has 1 atom stereocenters. The molecule has 0 spiro atoms. The Kier molecular flexibility index (Phi) is 5.11. The standard InChI is InChI=1S/C16H17ClN4O2S/c1-20-7-6-18-15(20)14(11-2-4-12(17)5-3-11)19-13(22)10-21-8-9-24-16(21)23/h2-7,14H,8-10H2,1H3,(H,19,22). The van der Waals surface area contributed by atoms with Crippen LogP contribution in [0.2, 0.25) is 5.02 Å². The van der Waals surface area contributed by atoms with Gasteiger partial charge in [-0.15, -0.1) is 0 Å². The molecule has 1 aliphatic rings. The van der Waals surface area contributed by atoms with Gasteiger partial charge >= 0.3 is 0 Å². The lowest BCUT2D eigenvalue weighted by Crippen LogP contribution is -2.39. The van der Waals surface area contributed by atoms with E-state index in [0.717, 1.165) is 11.3 Å². The summed E-state index contributed by atoms with van der Waals surface area (Å²) in [5.74, 6) is 1.23. The molecule has 1 N–H and O–H groups in total. The predicted octanol–water partition coefficient (Wildman–Crippen LogP) is 2.45. The maximum Gasteiger partial charge on any atom is 0.282 e. The second-order valence-corrected chi connectivity index (χ2v) is 6.97. The lowest BCUT2D eigenvalue weighted by molar-refractivity contribution is -0.122. The maximum atomic E-state index is 12.4. The van der Waals surface area contributed by atoms with Crippen molar-refractivity contribution in [2.75, 3.05) is 18.8 Å². The topological polar surface area (TPSA) is 67.2 Å². The molecule has 3 rings (SSSR count). The number of hydrogen-bond acceptors (Lipinski definition) is 4. The van der Waals surface area contributed by atoms with Crippen LogP contribution in [0.3, 0.4) is 0 Å². The van der Waals surface area contributed by atoms with Crippen molar-refractivity contribution in [1.29, 1.82) is 0 Å². The van der Waals surface area contributed by atoms with Crippen LogP contribution in [-0.2, 0) is 11.8 Å². The predicted molar refractivity (Wildman–Crippen MR) is 94.1 cm³/mol. The first kappa shape index (κ1) is 16.9. The molecule has 0 aliphatic carbocycles. The normalized spacial score (nSPS) is 15.6. The van der Waals surface area contributed by atoms with Gasteiger partial charge in [0.2, 0.25) is 5.91 Å². The third kappa shape index (κ3) is 3.73. The van der Waals surface area contributed by atoms with E-state index >= 15 is 0 Å². The number of carbonyl (C=O) groups excluding carboxylic acids is 2. The van der Waals surface area contributed by atoms with E-state index in [0.29, 0.717) is 17.4 Å². The molecule has 8 heteroatoms. The smallest absolute Gasteiger partial charge is 0.282 e. The van der Waals surface area contributed by atoms with Crippen LogP contribution in [0, 0.1) is 0 Å². The number of nitrogens with zero attached hydrogens (tertiary/aromatic N) is 3. The first-order valence-electron chi connectivity index (χ1n) is 7.48. The Morgan fingerprint density at radius 1 is 1.42 bits per heavy atom. The summed E-state index contributed by atoms with van der Waals surface area (Å²) in [5.41, 5.74) is 0.879.